The third-order valence-electron chi connectivity index (χ3n) is 3.45. The molecular weight excluding hydrogens is 348 g/mol. The van der Waals surface area contributed by atoms with Crippen molar-refractivity contribution in [2.24, 2.45) is 0 Å². The minimum atomic E-state index is -0.606. The number of nitrogens with zero attached hydrogens (tertiary/aromatic N) is 2. The van der Waals surface area contributed by atoms with Gasteiger partial charge in [0, 0.05) is 24.7 Å². The predicted octanol–water partition coefficient (Wildman–Crippen LogP) is 3.29. The summed E-state index contributed by atoms with van der Waals surface area (Å²) in [5.41, 5.74) is 0.614. The first-order valence-electron chi connectivity index (χ1n) is 7.34. The number of likely N-dealkylation sites (N-methyl/N-ethyl adjacent to an activating group) is 1. The highest BCUT2D eigenvalue weighted by Crippen LogP contribution is 2.29. The number of ether oxygens (including phenoxy) is 2. The third kappa shape index (κ3) is 5.09. The van der Waals surface area contributed by atoms with Crippen LogP contribution in [0.1, 0.15) is 5.56 Å². The fourth-order valence-corrected chi connectivity index (χ4v) is 2.30. The lowest BCUT2D eigenvalue weighted by molar-refractivity contribution is -0.385. The molecule has 2 rings (SSSR count). The van der Waals surface area contributed by atoms with Gasteiger partial charge in [-0.05, 0) is 29.8 Å². The van der Waals surface area contributed by atoms with Crippen LogP contribution in [0.2, 0.25) is 5.02 Å². The molecule has 0 N–H and O–H groups in total. The number of methoxy groups -OCH3 is 1. The number of hydrogen-bond donors (Lipinski definition) is 0. The maximum atomic E-state index is 12.2. The van der Waals surface area contributed by atoms with Crippen molar-refractivity contribution in [3.63, 3.8) is 0 Å². The summed E-state index contributed by atoms with van der Waals surface area (Å²) in [6.45, 7) is 0.0467. The number of benzene rings is 2. The number of carbonyl (C=O) groups is 1. The molecule has 25 heavy (non-hydrogen) atoms. The van der Waals surface area contributed by atoms with Crippen LogP contribution in [0.25, 0.3) is 0 Å². The van der Waals surface area contributed by atoms with Crippen LogP contribution in [0.4, 0.5) is 5.69 Å². The van der Waals surface area contributed by atoms with E-state index in [1.807, 2.05) is 24.3 Å². The zero-order valence-corrected chi connectivity index (χ0v) is 14.5. The molecule has 0 radical (unpaired) electrons. The number of hydrogen-bond acceptors (Lipinski definition) is 5. The van der Waals surface area contributed by atoms with Crippen molar-refractivity contribution in [1.29, 1.82) is 0 Å². The van der Waals surface area contributed by atoms with Crippen molar-refractivity contribution in [2.45, 2.75) is 6.54 Å². The van der Waals surface area contributed by atoms with Gasteiger partial charge in [0.05, 0.1) is 12.0 Å². The van der Waals surface area contributed by atoms with Gasteiger partial charge in [-0.25, -0.2) is 0 Å². The smallest absolute Gasteiger partial charge is 0.312 e. The number of carbonyl (C=O) groups excluding carboxylic acids is 1. The van der Waals surface area contributed by atoms with E-state index >= 15 is 0 Å². The van der Waals surface area contributed by atoms with E-state index in [0.717, 1.165) is 5.56 Å². The molecule has 0 spiro atoms. The molecule has 0 heterocycles. The van der Waals surface area contributed by atoms with Gasteiger partial charge < -0.3 is 14.4 Å². The number of amides is 1. The summed E-state index contributed by atoms with van der Waals surface area (Å²) in [5, 5.41) is 11.2. The Morgan fingerprint density at radius 3 is 2.72 bits per heavy atom. The topological polar surface area (TPSA) is 81.9 Å². The Kier molecular flexibility index (Phi) is 6.19. The molecule has 2 aromatic carbocycles. The summed E-state index contributed by atoms with van der Waals surface area (Å²) in [6, 6.07) is 11.4. The van der Waals surface area contributed by atoms with Crippen LogP contribution in [0.5, 0.6) is 11.5 Å². The van der Waals surface area contributed by atoms with Crippen LogP contribution in [0.3, 0.4) is 0 Å². The second-order valence-corrected chi connectivity index (χ2v) is 5.70. The largest absolute Gasteiger partial charge is 0.497 e. The van der Waals surface area contributed by atoms with Crippen molar-refractivity contribution >= 4 is 23.2 Å². The highest BCUT2D eigenvalue weighted by atomic mass is 35.5. The Labute approximate surface area is 149 Å². The average Bonchev–Trinajstić information content (AvgIpc) is 2.60. The van der Waals surface area contributed by atoms with Gasteiger partial charge >= 0.3 is 5.69 Å². The predicted molar refractivity (Wildman–Crippen MR) is 93.1 cm³/mol. The van der Waals surface area contributed by atoms with E-state index in [1.165, 1.54) is 23.1 Å². The summed E-state index contributed by atoms with van der Waals surface area (Å²) in [6.07, 6.45) is 0. The van der Waals surface area contributed by atoms with Crippen LogP contribution >= 0.6 is 11.6 Å². The second-order valence-electron chi connectivity index (χ2n) is 5.26. The van der Waals surface area contributed by atoms with E-state index in [4.69, 9.17) is 21.1 Å². The number of nitro benzene ring substituents is 1. The highest BCUT2D eigenvalue weighted by molar-refractivity contribution is 6.30. The normalized spacial score (nSPS) is 10.2. The molecule has 0 aliphatic heterocycles. The van der Waals surface area contributed by atoms with Gasteiger partial charge in [0.15, 0.2) is 12.4 Å². The van der Waals surface area contributed by atoms with Crippen molar-refractivity contribution < 1.29 is 19.2 Å². The first kappa shape index (κ1) is 18.5. The Bertz CT molecular complexity index is 781. The molecule has 0 unspecified atom stereocenters. The molecular formula is C17H17ClN2O5. The second kappa shape index (κ2) is 8.34. The molecule has 0 saturated carbocycles. The molecule has 132 valence electrons. The Morgan fingerprint density at radius 2 is 2.04 bits per heavy atom. The lowest BCUT2D eigenvalue weighted by Gasteiger charge is -2.18. The standard InChI is InChI=1S/C17H17ClN2O5/c1-19(10-12-4-3-5-14(8-12)24-2)17(21)11-25-16-7-6-13(18)9-15(16)20(22)23/h3-9H,10-11H2,1-2H3. The van der Waals surface area contributed by atoms with E-state index < -0.39 is 4.92 Å². The van der Waals surface area contributed by atoms with Crippen molar-refractivity contribution in [1.82, 2.24) is 4.90 Å². The molecule has 0 atom stereocenters. The maximum Gasteiger partial charge on any atom is 0.312 e. The molecule has 0 aromatic heterocycles. The summed E-state index contributed by atoms with van der Waals surface area (Å²) in [5.74, 6) is 0.385. The van der Waals surface area contributed by atoms with Gasteiger partial charge in [0.25, 0.3) is 5.91 Å². The molecule has 0 aliphatic rings. The Balaban J connectivity index is 1.99. The van der Waals surface area contributed by atoms with Crippen LogP contribution in [-0.4, -0.2) is 36.5 Å². The zero-order chi connectivity index (χ0) is 18.4. The minimum Gasteiger partial charge on any atom is -0.497 e. The number of rotatable bonds is 7. The highest BCUT2D eigenvalue weighted by Gasteiger charge is 2.18. The summed E-state index contributed by atoms with van der Waals surface area (Å²) in [7, 11) is 3.20. The van der Waals surface area contributed by atoms with Crippen LogP contribution < -0.4 is 9.47 Å². The fraction of sp³-hybridized carbons (Fsp3) is 0.235. The SMILES string of the molecule is COc1cccc(CN(C)C(=O)COc2ccc(Cl)cc2[N+](=O)[O-])c1. The molecule has 0 saturated heterocycles. The van der Waals surface area contributed by atoms with Gasteiger partial charge in [-0.3, -0.25) is 14.9 Å². The molecule has 8 heteroatoms. The molecule has 0 bridgehead atoms. The van der Waals surface area contributed by atoms with E-state index in [0.29, 0.717) is 12.3 Å². The monoisotopic (exact) mass is 364 g/mol. The van der Waals surface area contributed by atoms with E-state index in [-0.39, 0.29) is 29.0 Å². The Morgan fingerprint density at radius 1 is 1.28 bits per heavy atom. The fourth-order valence-electron chi connectivity index (χ4n) is 2.14. The van der Waals surface area contributed by atoms with Gasteiger partial charge in [0.2, 0.25) is 0 Å². The summed E-state index contributed by atoms with van der Waals surface area (Å²) >= 11 is 5.74. The zero-order valence-electron chi connectivity index (χ0n) is 13.8. The first-order chi connectivity index (χ1) is 11.9. The van der Waals surface area contributed by atoms with Gasteiger partial charge in [0.1, 0.15) is 5.75 Å². The van der Waals surface area contributed by atoms with Crippen molar-refractivity contribution in [2.75, 3.05) is 20.8 Å². The van der Waals surface area contributed by atoms with Gasteiger partial charge in [-0.2, -0.15) is 0 Å². The molecule has 0 aliphatic carbocycles. The Hall–Kier alpha value is -2.80. The van der Waals surface area contributed by atoms with Crippen molar-refractivity contribution in [3.8, 4) is 11.5 Å². The lowest BCUT2D eigenvalue weighted by atomic mass is 10.2. The quantitative estimate of drug-likeness (QED) is 0.556. The van der Waals surface area contributed by atoms with Gasteiger partial charge in [-0.1, -0.05) is 23.7 Å². The average molecular weight is 365 g/mol. The lowest BCUT2D eigenvalue weighted by Crippen LogP contribution is -2.31. The van der Waals surface area contributed by atoms with E-state index in [9.17, 15) is 14.9 Å². The van der Waals surface area contributed by atoms with E-state index in [2.05, 4.69) is 0 Å². The van der Waals surface area contributed by atoms with Crippen LogP contribution in [0, 0.1) is 10.1 Å². The molecule has 2 aromatic rings. The number of halogens is 1. The van der Waals surface area contributed by atoms with Crippen LogP contribution in [-0.2, 0) is 11.3 Å². The third-order valence-corrected chi connectivity index (χ3v) is 3.68. The van der Waals surface area contributed by atoms with E-state index in [1.54, 1.807) is 14.2 Å². The number of nitro groups is 1. The summed E-state index contributed by atoms with van der Waals surface area (Å²) < 4.78 is 10.4. The molecule has 1 amide bonds. The first-order valence-corrected chi connectivity index (χ1v) is 7.72. The summed E-state index contributed by atoms with van der Waals surface area (Å²) in [4.78, 5) is 24.1. The molecule has 7 nitrogen and oxygen atoms in total. The van der Waals surface area contributed by atoms with Crippen molar-refractivity contribution in [3.05, 3.63) is 63.2 Å². The van der Waals surface area contributed by atoms with Crippen LogP contribution in [0.15, 0.2) is 42.5 Å². The maximum absolute atomic E-state index is 12.2. The minimum absolute atomic E-state index is 0.00229. The molecule has 0 fully saturated rings. The van der Waals surface area contributed by atoms with Gasteiger partial charge in [-0.15, -0.1) is 0 Å².